The Balaban J connectivity index is 1.46. The van der Waals surface area contributed by atoms with Crippen molar-refractivity contribution in [3.63, 3.8) is 0 Å². The minimum absolute atomic E-state index is 0.107. The van der Waals surface area contributed by atoms with E-state index >= 15 is 0 Å². The second-order valence-electron chi connectivity index (χ2n) is 7.89. The molecule has 0 N–H and O–H groups in total. The molecule has 6 nitrogen and oxygen atoms in total. The van der Waals surface area contributed by atoms with Crippen LogP contribution in [0.15, 0.2) is 47.1 Å². The van der Waals surface area contributed by atoms with Crippen LogP contribution in [0.1, 0.15) is 47.7 Å². The van der Waals surface area contributed by atoms with Crippen molar-refractivity contribution in [3.8, 4) is 5.75 Å². The zero-order chi connectivity index (χ0) is 20.2. The van der Waals surface area contributed by atoms with E-state index in [1.807, 2.05) is 29.2 Å². The normalized spacial score (nSPS) is 18.7. The molecule has 1 atom stereocenters. The first kappa shape index (κ1) is 19.6. The Hall–Kier alpha value is -2.76. The second-order valence-corrected chi connectivity index (χ2v) is 7.89. The maximum Gasteiger partial charge on any atom is 0.289 e. The van der Waals surface area contributed by atoms with Crippen LogP contribution in [0.25, 0.3) is 0 Å². The molecule has 154 valence electrons. The zero-order valence-corrected chi connectivity index (χ0v) is 16.9. The molecule has 0 bridgehead atoms. The summed E-state index contributed by atoms with van der Waals surface area (Å²) >= 11 is 0. The molecule has 1 saturated carbocycles. The summed E-state index contributed by atoms with van der Waals surface area (Å²) in [5.74, 6) is 1.51. The third-order valence-corrected chi connectivity index (χ3v) is 6.22. The zero-order valence-electron chi connectivity index (χ0n) is 16.9. The third kappa shape index (κ3) is 4.16. The van der Waals surface area contributed by atoms with Gasteiger partial charge in [-0.3, -0.25) is 9.59 Å². The molecule has 4 rings (SSSR count). The Morgan fingerprint density at radius 3 is 2.24 bits per heavy atom. The predicted molar refractivity (Wildman–Crippen MR) is 109 cm³/mol. The molecular weight excluding hydrogens is 368 g/mol. The number of nitrogens with zero attached hydrogens (tertiary/aromatic N) is 2. The van der Waals surface area contributed by atoms with Gasteiger partial charge in [0, 0.05) is 26.2 Å². The molecule has 2 amide bonds. The fourth-order valence-corrected chi connectivity index (χ4v) is 4.60. The number of benzene rings is 1. The minimum atomic E-state index is -0.115. The van der Waals surface area contributed by atoms with E-state index in [1.54, 1.807) is 24.1 Å². The average molecular weight is 396 g/mol. The standard InChI is InChI=1S/C23H28N2O4/c1-28-19-10-8-18(9-11-19)21(17-5-2-3-6-17)23(27)25-14-12-24(13-15-25)22(26)20-7-4-16-29-20/h4,7-11,16-17,21H,2-3,5-6,12-15H2,1H3. The van der Waals surface area contributed by atoms with Gasteiger partial charge < -0.3 is 19.0 Å². The summed E-state index contributed by atoms with van der Waals surface area (Å²) in [6.07, 6.45) is 6.08. The van der Waals surface area contributed by atoms with E-state index in [0.717, 1.165) is 24.2 Å². The third-order valence-electron chi connectivity index (χ3n) is 6.22. The van der Waals surface area contributed by atoms with E-state index < -0.39 is 0 Å². The molecule has 1 aromatic carbocycles. The molecule has 0 radical (unpaired) electrons. The Morgan fingerprint density at radius 1 is 1.00 bits per heavy atom. The molecular formula is C23H28N2O4. The highest BCUT2D eigenvalue weighted by Gasteiger charge is 2.36. The molecule has 2 aliphatic rings. The molecule has 1 aliphatic heterocycles. The van der Waals surface area contributed by atoms with Crippen LogP contribution in [0.4, 0.5) is 0 Å². The maximum atomic E-state index is 13.5. The lowest BCUT2D eigenvalue weighted by atomic mass is 9.83. The monoisotopic (exact) mass is 396 g/mol. The van der Waals surface area contributed by atoms with E-state index in [2.05, 4.69) is 0 Å². The highest BCUT2D eigenvalue weighted by Crippen LogP contribution is 2.39. The fraction of sp³-hybridized carbons (Fsp3) is 0.478. The first-order valence-corrected chi connectivity index (χ1v) is 10.4. The smallest absolute Gasteiger partial charge is 0.289 e. The highest BCUT2D eigenvalue weighted by molar-refractivity contribution is 5.91. The summed E-state index contributed by atoms with van der Waals surface area (Å²) in [6, 6.07) is 11.3. The van der Waals surface area contributed by atoms with Gasteiger partial charge in [0.05, 0.1) is 19.3 Å². The lowest BCUT2D eigenvalue weighted by Gasteiger charge is -2.37. The highest BCUT2D eigenvalue weighted by atomic mass is 16.5. The number of methoxy groups -OCH3 is 1. The van der Waals surface area contributed by atoms with Gasteiger partial charge in [-0.05, 0) is 48.6 Å². The molecule has 1 unspecified atom stereocenters. The number of carbonyl (C=O) groups is 2. The number of piperazine rings is 1. The molecule has 6 heteroatoms. The summed E-state index contributed by atoms with van der Waals surface area (Å²) < 4.78 is 10.5. The first-order valence-electron chi connectivity index (χ1n) is 10.4. The van der Waals surface area contributed by atoms with E-state index in [9.17, 15) is 9.59 Å². The molecule has 1 aliphatic carbocycles. The van der Waals surface area contributed by atoms with Gasteiger partial charge in [-0.2, -0.15) is 0 Å². The van der Waals surface area contributed by atoms with Crippen LogP contribution < -0.4 is 4.74 Å². The van der Waals surface area contributed by atoms with Gasteiger partial charge in [0.15, 0.2) is 5.76 Å². The van der Waals surface area contributed by atoms with Crippen LogP contribution in [0.2, 0.25) is 0 Å². The lowest BCUT2D eigenvalue weighted by Crippen LogP contribution is -2.52. The van der Waals surface area contributed by atoms with Gasteiger partial charge in [-0.15, -0.1) is 0 Å². The Bertz CT molecular complexity index is 817. The van der Waals surface area contributed by atoms with E-state index in [-0.39, 0.29) is 17.7 Å². The molecule has 0 spiro atoms. The summed E-state index contributed by atoms with van der Waals surface area (Å²) in [7, 11) is 1.65. The van der Waals surface area contributed by atoms with E-state index in [4.69, 9.17) is 9.15 Å². The van der Waals surface area contributed by atoms with Crippen molar-refractivity contribution in [2.24, 2.45) is 5.92 Å². The fourth-order valence-electron chi connectivity index (χ4n) is 4.60. The van der Waals surface area contributed by atoms with Gasteiger partial charge in [-0.1, -0.05) is 25.0 Å². The minimum Gasteiger partial charge on any atom is -0.497 e. The Kier molecular flexibility index (Phi) is 5.88. The van der Waals surface area contributed by atoms with Gasteiger partial charge >= 0.3 is 0 Å². The molecule has 29 heavy (non-hydrogen) atoms. The number of rotatable bonds is 5. The summed E-state index contributed by atoms with van der Waals surface area (Å²) in [5.41, 5.74) is 1.07. The summed E-state index contributed by atoms with van der Waals surface area (Å²) in [6.45, 7) is 2.19. The number of furan rings is 1. The topological polar surface area (TPSA) is 63.0 Å². The quantitative estimate of drug-likeness (QED) is 0.775. The van der Waals surface area contributed by atoms with Crippen LogP contribution in [0, 0.1) is 5.92 Å². The number of hydrogen-bond acceptors (Lipinski definition) is 4. The summed E-state index contributed by atoms with van der Waals surface area (Å²) in [4.78, 5) is 29.7. The number of amides is 2. The lowest BCUT2D eigenvalue weighted by molar-refractivity contribution is -0.135. The van der Waals surface area contributed by atoms with Gasteiger partial charge in [0.25, 0.3) is 5.91 Å². The van der Waals surface area contributed by atoms with Crippen LogP contribution >= 0.6 is 0 Å². The van der Waals surface area contributed by atoms with Crippen LogP contribution in [-0.2, 0) is 4.79 Å². The number of carbonyl (C=O) groups excluding carboxylic acids is 2. The molecule has 1 aromatic heterocycles. The van der Waals surface area contributed by atoms with Crippen molar-refractivity contribution in [1.82, 2.24) is 9.80 Å². The van der Waals surface area contributed by atoms with Crippen molar-refractivity contribution in [2.45, 2.75) is 31.6 Å². The van der Waals surface area contributed by atoms with Crippen LogP contribution in [0.5, 0.6) is 5.75 Å². The van der Waals surface area contributed by atoms with Crippen molar-refractivity contribution in [2.75, 3.05) is 33.3 Å². The van der Waals surface area contributed by atoms with Gasteiger partial charge in [0.2, 0.25) is 5.91 Å². The largest absolute Gasteiger partial charge is 0.497 e. The SMILES string of the molecule is COc1ccc(C(C(=O)N2CCN(C(=O)c3ccco3)CC2)C2CCCC2)cc1. The Morgan fingerprint density at radius 2 is 1.66 bits per heavy atom. The molecule has 2 fully saturated rings. The second kappa shape index (κ2) is 8.72. The molecule has 2 aromatic rings. The summed E-state index contributed by atoms with van der Waals surface area (Å²) in [5, 5.41) is 0. The predicted octanol–water partition coefficient (Wildman–Crippen LogP) is 3.55. The van der Waals surface area contributed by atoms with Crippen molar-refractivity contribution >= 4 is 11.8 Å². The van der Waals surface area contributed by atoms with E-state index in [1.165, 1.54) is 19.1 Å². The number of hydrogen-bond donors (Lipinski definition) is 0. The van der Waals surface area contributed by atoms with Gasteiger partial charge in [0.1, 0.15) is 5.75 Å². The number of ether oxygens (including phenoxy) is 1. The van der Waals surface area contributed by atoms with E-state index in [0.29, 0.717) is 37.9 Å². The average Bonchev–Trinajstić information content (AvgIpc) is 3.49. The first-order chi connectivity index (χ1) is 14.2. The van der Waals surface area contributed by atoms with Gasteiger partial charge in [-0.25, -0.2) is 0 Å². The van der Waals surface area contributed by atoms with Crippen LogP contribution in [0.3, 0.4) is 0 Å². The molecule has 1 saturated heterocycles. The maximum absolute atomic E-state index is 13.5. The Labute approximate surface area is 171 Å². The van der Waals surface area contributed by atoms with Crippen LogP contribution in [-0.4, -0.2) is 54.9 Å². The van der Waals surface area contributed by atoms with Crippen molar-refractivity contribution in [3.05, 3.63) is 54.0 Å². The van der Waals surface area contributed by atoms with Crippen molar-refractivity contribution < 1.29 is 18.7 Å². The molecule has 2 heterocycles. The van der Waals surface area contributed by atoms with Crippen molar-refractivity contribution in [1.29, 1.82) is 0 Å².